The molecule has 5 aromatic rings. The lowest BCUT2D eigenvalue weighted by atomic mass is 10.1. The number of hydrogen-bond acceptors (Lipinski definition) is 5. The van der Waals surface area contributed by atoms with E-state index >= 15 is 0 Å². The topological polar surface area (TPSA) is 58.1 Å². The summed E-state index contributed by atoms with van der Waals surface area (Å²) in [6, 6.07) is 32.6. The van der Waals surface area contributed by atoms with Crippen LogP contribution in [0.15, 0.2) is 102 Å². The van der Waals surface area contributed by atoms with E-state index in [9.17, 15) is 4.79 Å². The van der Waals surface area contributed by atoms with E-state index in [1.807, 2.05) is 79.0 Å². The summed E-state index contributed by atoms with van der Waals surface area (Å²) in [5.41, 5.74) is 3.26. The minimum atomic E-state index is -0.0446. The van der Waals surface area contributed by atoms with Gasteiger partial charge in [0.2, 0.25) is 5.91 Å². The SMILES string of the molecule is C[C@H](NC(=O)CCN(CCc1ccccc1)c1nc(-c2cccs2)nc2ccccc12)c1ccccc1. The fourth-order valence-corrected chi connectivity index (χ4v) is 5.08. The van der Waals surface area contributed by atoms with Gasteiger partial charge in [-0.05, 0) is 48.1 Å². The molecule has 0 fully saturated rings. The highest BCUT2D eigenvalue weighted by atomic mass is 32.1. The van der Waals surface area contributed by atoms with Crippen LogP contribution in [-0.4, -0.2) is 29.0 Å². The van der Waals surface area contributed by atoms with E-state index in [1.54, 1.807) is 11.3 Å². The fourth-order valence-electron chi connectivity index (χ4n) is 4.42. The Morgan fingerprint density at radius 3 is 2.35 bits per heavy atom. The lowest BCUT2D eigenvalue weighted by Gasteiger charge is -2.26. The third-order valence-corrected chi connectivity index (χ3v) is 7.29. The molecule has 1 atom stereocenters. The number of fused-ring (bicyclic) bond motifs is 1. The number of amides is 1. The van der Waals surface area contributed by atoms with Crippen molar-refractivity contribution in [3.63, 3.8) is 0 Å². The molecule has 0 saturated heterocycles. The average molecular weight is 507 g/mol. The maximum absolute atomic E-state index is 13.0. The Morgan fingerprint density at radius 2 is 1.59 bits per heavy atom. The van der Waals surface area contributed by atoms with Gasteiger partial charge in [-0.15, -0.1) is 11.3 Å². The zero-order valence-electron chi connectivity index (χ0n) is 20.9. The molecule has 0 unspecified atom stereocenters. The summed E-state index contributed by atoms with van der Waals surface area (Å²) in [5, 5.41) is 6.19. The summed E-state index contributed by atoms with van der Waals surface area (Å²) < 4.78 is 0. The Balaban J connectivity index is 1.41. The van der Waals surface area contributed by atoms with E-state index < -0.39 is 0 Å². The Labute approximate surface area is 221 Å². The van der Waals surface area contributed by atoms with Crippen LogP contribution in [0.1, 0.15) is 30.5 Å². The molecule has 1 N–H and O–H groups in total. The van der Waals surface area contributed by atoms with Crippen molar-refractivity contribution >= 4 is 34.0 Å². The standard InChI is InChI=1S/C31H30N4OS/c1-23(25-13-6-3-7-14-25)32-29(36)19-21-35(20-18-24-11-4-2-5-12-24)31-26-15-8-9-16-27(26)33-30(34-31)28-17-10-22-37-28/h2-17,22-23H,18-21H2,1H3,(H,32,36)/t23-/m0/s1. The molecule has 5 nitrogen and oxygen atoms in total. The minimum Gasteiger partial charge on any atom is -0.355 e. The first-order valence-electron chi connectivity index (χ1n) is 12.6. The molecule has 0 aliphatic heterocycles. The van der Waals surface area contributed by atoms with Crippen molar-refractivity contribution in [1.29, 1.82) is 0 Å². The largest absolute Gasteiger partial charge is 0.355 e. The Kier molecular flexibility index (Phi) is 7.87. The van der Waals surface area contributed by atoms with Gasteiger partial charge in [0.25, 0.3) is 0 Å². The number of para-hydroxylation sites is 1. The van der Waals surface area contributed by atoms with Gasteiger partial charge in [-0.2, -0.15) is 0 Å². The predicted molar refractivity (Wildman–Crippen MR) is 153 cm³/mol. The molecule has 0 radical (unpaired) electrons. The Bertz CT molecular complexity index is 1440. The molecular weight excluding hydrogens is 476 g/mol. The number of anilines is 1. The third-order valence-electron chi connectivity index (χ3n) is 6.42. The number of hydrogen-bond donors (Lipinski definition) is 1. The maximum Gasteiger partial charge on any atom is 0.222 e. The molecule has 2 heterocycles. The van der Waals surface area contributed by atoms with Crippen LogP contribution >= 0.6 is 11.3 Å². The third kappa shape index (κ3) is 6.22. The molecule has 3 aromatic carbocycles. The minimum absolute atomic E-state index is 0.0258. The van der Waals surface area contributed by atoms with Gasteiger partial charge in [0, 0.05) is 24.9 Å². The summed E-state index contributed by atoms with van der Waals surface area (Å²) in [5.74, 6) is 1.61. The van der Waals surface area contributed by atoms with Gasteiger partial charge in [-0.3, -0.25) is 4.79 Å². The molecule has 0 aliphatic carbocycles. The predicted octanol–water partition coefficient (Wildman–Crippen LogP) is 6.67. The number of aromatic nitrogens is 2. The second-order valence-corrected chi connectivity index (χ2v) is 9.99. The van der Waals surface area contributed by atoms with Gasteiger partial charge >= 0.3 is 0 Å². The second-order valence-electron chi connectivity index (χ2n) is 9.04. The summed E-state index contributed by atoms with van der Waals surface area (Å²) in [6.07, 6.45) is 1.23. The number of thiophene rings is 1. The lowest BCUT2D eigenvalue weighted by molar-refractivity contribution is -0.121. The van der Waals surface area contributed by atoms with Gasteiger partial charge in [0.1, 0.15) is 5.82 Å². The summed E-state index contributed by atoms with van der Waals surface area (Å²) >= 11 is 1.63. The van der Waals surface area contributed by atoms with Crippen LogP contribution in [0.25, 0.3) is 21.6 Å². The molecule has 0 spiro atoms. The van der Waals surface area contributed by atoms with Crippen molar-refractivity contribution < 1.29 is 4.79 Å². The first kappa shape index (κ1) is 24.7. The van der Waals surface area contributed by atoms with Crippen LogP contribution in [0.4, 0.5) is 5.82 Å². The number of benzene rings is 3. The van der Waals surface area contributed by atoms with Crippen molar-refractivity contribution in [3.8, 4) is 10.7 Å². The van der Waals surface area contributed by atoms with Crippen LogP contribution in [0.3, 0.4) is 0 Å². The van der Waals surface area contributed by atoms with Crippen LogP contribution in [0, 0.1) is 0 Å². The fraction of sp³-hybridized carbons (Fsp3) is 0.194. The van der Waals surface area contributed by atoms with E-state index in [1.165, 1.54) is 5.56 Å². The van der Waals surface area contributed by atoms with Crippen molar-refractivity contribution in [2.45, 2.75) is 25.8 Å². The monoisotopic (exact) mass is 506 g/mol. The van der Waals surface area contributed by atoms with Crippen molar-refractivity contribution in [3.05, 3.63) is 114 Å². The molecule has 6 heteroatoms. The number of rotatable bonds is 10. The van der Waals surface area contributed by atoms with Gasteiger partial charge in [0.05, 0.1) is 16.4 Å². The molecule has 0 bridgehead atoms. The number of carbonyl (C=O) groups excluding carboxylic acids is 1. The molecule has 186 valence electrons. The highest BCUT2D eigenvalue weighted by molar-refractivity contribution is 7.13. The highest BCUT2D eigenvalue weighted by Gasteiger charge is 2.18. The zero-order chi connectivity index (χ0) is 25.5. The summed E-state index contributed by atoms with van der Waals surface area (Å²) in [4.78, 5) is 26.1. The zero-order valence-corrected chi connectivity index (χ0v) is 21.7. The van der Waals surface area contributed by atoms with Crippen LogP contribution in [0.5, 0.6) is 0 Å². The number of nitrogens with zero attached hydrogens (tertiary/aromatic N) is 3. The Morgan fingerprint density at radius 1 is 0.865 bits per heavy atom. The quantitative estimate of drug-likeness (QED) is 0.230. The smallest absolute Gasteiger partial charge is 0.222 e. The molecule has 5 rings (SSSR count). The van der Waals surface area contributed by atoms with Crippen LogP contribution < -0.4 is 10.2 Å². The van der Waals surface area contributed by atoms with Gasteiger partial charge < -0.3 is 10.2 Å². The van der Waals surface area contributed by atoms with E-state index in [4.69, 9.17) is 9.97 Å². The first-order valence-corrected chi connectivity index (χ1v) is 13.5. The van der Waals surface area contributed by atoms with Crippen molar-refractivity contribution in [1.82, 2.24) is 15.3 Å². The molecule has 1 amide bonds. The van der Waals surface area contributed by atoms with Crippen LogP contribution in [-0.2, 0) is 11.2 Å². The van der Waals surface area contributed by atoms with Crippen LogP contribution in [0.2, 0.25) is 0 Å². The number of nitrogens with one attached hydrogen (secondary N) is 1. The molecule has 2 aromatic heterocycles. The van der Waals surface area contributed by atoms with Gasteiger partial charge in [-0.25, -0.2) is 9.97 Å². The van der Waals surface area contributed by atoms with Gasteiger partial charge in [-0.1, -0.05) is 78.9 Å². The maximum atomic E-state index is 13.0. The van der Waals surface area contributed by atoms with E-state index in [2.05, 4.69) is 40.5 Å². The highest BCUT2D eigenvalue weighted by Crippen LogP contribution is 2.30. The average Bonchev–Trinajstić information content (AvgIpc) is 3.49. The molecule has 0 saturated carbocycles. The summed E-state index contributed by atoms with van der Waals surface area (Å²) in [7, 11) is 0. The Hall–Kier alpha value is -4.03. The molecule has 0 aliphatic rings. The number of carbonyl (C=O) groups is 1. The second kappa shape index (κ2) is 11.8. The van der Waals surface area contributed by atoms with Crippen molar-refractivity contribution in [2.24, 2.45) is 0 Å². The van der Waals surface area contributed by atoms with E-state index in [0.29, 0.717) is 13.0 Å². The van der Waals surface area contributed by atoms with Crippen molar-refractivity contribution in [2.75, 3.05) is 18.0 Å². The first-order chi connectivity index (χ1) is 18.2. The lowest BCUT2D eigenvalue weighted by Crippen LogP contribution is -2.34. The normalized spacial score (nSPS) is 11.8. The van der Waals surface area contributed by atoms with E-state index in [0.717, 1.165) is 46.0 Å². The molecular formula is C31H30N4OS. The van der Waals surface area contributed by atoms with Gasteiger partial charge in [0.15, 0.2) is 5.82 Å². The summed E-state index contributed by atoms with van der Waals surface area (Å²) in [6.45, 7) is 3.33. The van der Waals surface area contributed by atoms with E-state index in [-0.39, 0.29) is 11.9 Å². The molecule has 37 heavy (non-hydrogen) atoms.